The zero-order valence-electron chi connectivity index (χ0n) is 11.0. The first kappa shape index (κ1) is 13.8. The first-order chi connectivity index (χ1) is 7.84. The second-order valence-corrected chi connectivity index (χ2v) is 5.45. The minimum absolute atomic E-state index is 0.179. The van der Waals surface area contributed by atoms with Crippen LogP contribution in [0.2, 0.25) is 0 Å². The molecule has 0 aliphatic rings. The van der Waals surface area contributed by atoms with Gasteiger partial charge in [-0.25, -0.2) is 0 Å². The summed E-state index contributed by atoms with van der Waals surface area (Å²) in [6.45, 7) is 9.54. The molecule has 17 heavy (non-hydrogen) atoms. The Morgan fingerprint density at radius 3 is 2.59 bits per heavy atom. The second kappa shape index (κ2) is 5.36. The summed E-state index contributed by atoms with van der Waals surface area (Å²) in [6, 6.07) is 3.38. The largest absolute Gasteiger partial charge is 0.455 e. The molecule has 0 fully saturated rings. The van der Waals surface area contributed by atoms with E-state index in [0.29, 0.717) is 30.5 Å². The Morgan fingerprint density at radius 1 is 1.47 bits per heavy atom. The average molecular weight is 238 g/mol. The van der Waals surface area contributed by atoms with Crippen LogP contribution in [0, 0.1) is 11.3 Å². The van der Waals surface area contributed by atoms with E-state index in [1.165, 1.54) is 0 Å². The van der Waals surface area contributed by atoms with Crippen LogP contribution in [0.25, 0.3) is 0 Å². The first-order valence-corrected chi connectivity index (χ1v) is 5.91. The van der Waals surface area contributed by atoms with Crippen molar-refractivity contribution in [3.05, 3.63) is 23.7 Å². The van der Waals surface area contributed by atoms with E-state index in [2.05, 4.69) is 33.0 Å². The van der Waals surface area contributed by atoms with Crippen LogP contribution < -0.4 is 11.1 Å². The third kappa shape index (κ3) is 3.89. The number of amides is 1. The van der Waals surface area contributed by atoms with Crippen molar-refractivity contribution in [2.75, 3.05) is 6.54 Å². The van der Waals surface area contributed by atoms with Crippen LogP contribution in [0.4, 0.5) is 0 Å². The molecule has 1 amide bonds. The zero-order valence-corrected chi connectivity index (χ0v) is 11.0. The van der Waals surface area contributed by atoms with E-state index in [-0.39, 0.29) is 11.3 Å². The van der Waals surface area contributed by atoms with Crippen LogP contribution in [-0.4, -0.2) is 12.5 Å². The molecule has 96 valence electrons. The Hall–Kier alpha value is -1.29. The van der Waals surface area contributed by atoms with Gasteiger partial charge in [-0.1, -0.05) is 27.7 Å². The average Bonchev–Trinajstić information content (AvgIpc) is 2.72. The quantitative estimate of drug-likeness (QED) is 0.844. The molecular weight excluding hydrogens is 216 g/mol. The lowest BCUT2D eigenvalue weighted by atomic mass is 9.82. The first-order valence-electron chi connectivity index (χ1n) is 5.91. The molecule has 0 bridgehead atoms. The number of nitrogens with one attached hydrogen (secondary N) is 1. The number of furan rings is 1. The van der Waals surface area contributed by atoms with Crippen molar-refractivity contribution in [3.63, 3.8) is 0 Å². The summed E-state index contributed by atoms with van der Waals surface area (Å²) < 4.78 is 5.28. The molecule has 3 N–H and O–H groups in total. The number of rotatable bonds is 4. The molecule has 0 saturated carbocycles. The van der Waals surface area contributed by atoms with Gasteiger partial charge in [0.2, 0.25) is 0 Å². The van der Waals surface area contributed by atoms with E-state index in [1.54, 1.807) is 12.1 Å². The molecule has 0 radical (unpaired) electrons. The van der Waals surface area contributed by atoms with E-state index in [0.717, 1.165) is 0 Å². The van der Waals surface area contributed by atoms with E-state index in [9.17, 15) is 4.79 Å². The number of hydrogen-bond acceptors (Lipinski definition) is 3. The van der Waals surface area contributed by atoms with Crippen molar-refractivity contribution in [1.82, 2.24) is 5.32 Å². The number of carbonyl (C=O) groups excluding carboxylic acids is 1. The lowest BCUT2D eigenvalue weighted by molar-refractivity contribution is 0.0907. The number of hydrogen-bond donors (Lipinski definition) is 2. The smallest absolute Gasteiger partial charge is 0.287 e. The van der Waals surface area contributed by atoms with E-state index in [4.69, 9.17) is 10.2 Å². The Bertz CT molecular complexity index is 377. The fourth-order valence-electron chi connectivity index (χ4n) is 1.25. The monoisotopic (exact) mass is 238 g/mol. The topological polar surface area (TPSA) is 68.3 Å². The number of nitrogens with two attached hydrogens (primary N) is 1. The molecule has 1 aromatic rings. The van der Waals surface area contributed by atoms with Crippen LogP contribution in [0.3, 0.4) is 0 Å². The summed E-state index contributed by atoms with van der Waals surface area (Å²) in [5.74, 6) is 1.17. The van der Waals surface area contributed by atoms with Gasteiger partial charge in [0.15, 0.2) is 5.76 Å². The van der Waals surface area contributed by atoms with Crippen molar-refractivity contribution in [2.24, 2.45) is 17.1 Å². The van der Waals surface area contributed by atoms with Gasteiger partial charge in [0.25, 0.3) is 5.91 Å². The lowest BCUT2D eigenvalue weighted by Gasteiger charge is -2.27. The maximum Gasteiger partial charge on any atom is 0.287 e. The summed E-state index contributed by atoms with van der Waals surface area (Å²) in [7, 11) is 0. The summed E-state index contributed by atoms with van der Waals surface area (Å²) >= 11 is 0. The highest BCUT2D eigenvalue weighted by Gasteiger charge is 2.21. The molecule has 0 saturated heterocycles. The van der Waals surface area contributed by atoms with Gasteiger partial charge in [0, 0.05) is 6.54 Å². The van der Waals surface area contributed by atoms with Gasteiger partial charge in [0.1, 0.15) is 5.76 Å². The summed E-state index contributed by atoms with van der Waals surface area (Å²) in [5.41, 5.74) is 5.60. The van der Waals surface area contributed by atoms with Gasteiger partial charge >= 0.3 is 0 Å². The minimum atomic E-state index is -0.180. The van der Waals surface area contributed by atoms with Crippen molar-refractivity contribution < 1.29 is 9.21 Å². The van der Waals surface area contributed by atoms with E-state index < -0.39 is 0 Å². The predicted octanol–water partition coefficient (Wildman–Crippen LogP) is 2.15. The Labute approximate surface area is 103 Å². The predicted molar refractivity (Wildman–Crippen MR) is 67.6 cm³/mol. The summed E-state index contributed by atoms with van der Waals surface area (Å²) in [4.78, 5) is 11.8. The van der Waals surface area contributed by atoms with Crippen molar-refractivity contribution in [1.29, 1.82) is 0 Å². The molecule has 1 unspecified atom stereocenters. The summed E-state index contributed by atoms with van der Waals surface area (Å²) in [6.07, 6.45) is 0. The van der Waals surface area contributed by atoms with Crippen molar-refractivity contribution in [3.8, 4) is 0 Å². The highest BCUT2D eigenvalue weighted by molar-refractivity contribution is 5.91. The molecule has 1 heterocycles. The third-order valence-electron chi connectivity index (χ3n) is 3.13. The maximum absolute atomic E-state index is 11.8. The van der Waals surface area contributed by atoms with Crippen LogP contribution in [0.15, 0.2) is 16.5 Å². The number of carbonyl (C=O) groups is 1. The molecular formula is C13H22N2O2. The zero-order chi connectivity index (χ0) is 13.1. The maximum atomic E-state index is 11.8. The second-order valence-electron chi connectivity index (χ2n) is 5.45. The fourth-order valence-corrected chi connectivity index (χ4v) is 1.25. The highest BCUT2D eigenvalue weighted by atomic mass is 16.4. The van der Waals surface area contributed by atoms with Gasteiger partial charge in [-0.2, -0.15) is 0 Å². The van der Waals surface area contributed by atoms with Gasteiger partial charge < -0.3 is 15.5 Å². The van der Waals surface area contributed by atoms with E-state index >= 15 is 0 Å². The highest BCUT2D eigenvalue weighted by Crippen LogP contribution is 2.24. The molecule has 4 nitrogen and oxygen atoms in total. The standard InChI is InChI=1S/C13H22N2O2/c1-9(13(2,3)4)8-15-12(16)11-6-5-10(7-14)17-11/h5-6,9H,7-8,14H2,1-4H3,(H,15,16). The van der Waals surface area contributed by atoms with Crippen LogP contribution in [-0.2, 0) is 6.54 Å². The van der Waals surface area contributed by atoms with Crippen LogP contribution in [0.1, 0.15) is 44.0 Å². The molecule has 1 rings (SSSR count). The fraction of sp³-hybridized carbons (Fsp3) is 0.615. The SMILES string of the molecule is CC(CNC(=O)c1ccc(CN)o1)C(C)(C)C. The van der Waals surface area contributed by atoms with Gasteiger partial charge in [-0.3, -0.25) is 4.79 Å². The van der Waals surface area contributed by atoms with Crippen molar-refractivity contribution in [2.45, 2.75) is 34.2 Å². The van der Waals surface area contributed by atoms with Gasteiger partial charge in [-0.05, 0) is 23.5 Å². The third-order valence-corrected chi connectivity index (χ3v) is 3.13. The van der Waals surface area contributed by atoms with E-state index in [1.807, 2.05) is 0 Å². The molecule has 0 aliphatic carbocycles. The van der Waals surface area contributed by atoms with Crippen molar-refractivity contribution >= 4 is 5.91 Å². The molecule has 1 aromatic heterocycles. The Balaban J connectivity index is 2.50. The minimum Gasteiger partial charge on any atom is -0.455 e. The molecule has 0 aliphatic heterocycles. The van der Waals surface area contributed by atoms with Gasteiger partial charge in [-0.15, -0.1) is 0 Å². The molecule has 0 spiro atoms. The Morgan fingerprint density at radius 2 is 2.12 bits per heavy atom. The van der Waals surface area contributed by atoms with Gasteiger partial charge in [0.05, 0.1) is 6.54 Å². The molecule has 0 aromatic carbocycles. The van der Waals surface area contributed by atoms with Crippen LogP contribution in [0.5, 0.6) is 0 Å². The summed E-state index contributed by atoms with van der Waals surface area (Å²) in [5, 5.41) is 2.87. The van der Waals surface area contributed by atoms with Crippen LogP contribution >= 0.6 is 0 Å². The molecule has 4 heteroatoms. The molecule has 1 atom stereocenters. The Kier molecular flexibility index (Phi) is 4.34. The normalized spacial score (nSPS) is 13.5. The lowest BCUT2D eigenvalue weighted by Crippen LogP contribution is -2.33.